The number of rotatable bonds is 4. The molecule has 0 N–H and O–H groups in total. The molecule has 2 unspecified atom stereocenters. The number of benzene rings is 1. The van der Waals surface area contributed by atoms with Crippen molar-refractivity contribution in [3.8, 4) is 0 Å². The lowest BCUT2D eigenvalue weighted by molar-refractivity contribution is 0.531. The van der Waals surface area contributed by atoms with Crippen LogP contribution in [-0.2, 0) is 6.42 Å². The fraction of sp³-hybridized carbons (Fsp3) is 0.538. The average Bonchev–Trinajstić information content (AvgIpc) is 2.20. The van der Waals surface area contributed by atoms with Crippen molar-refractivity contribution >= 4 is 23.2 Å². The molecule has 0 aromatic heterocycles. The van der Waals surface area contributed by atoms with E-state index in [1.165, 1.54) is 11.1 Å². The summed E-state index contributed by atoms with van der Waals surface area (Å²) in [5.41, 5.74) is 2.41. The minimum atomic E-state index is 0.238. The predicted octanol–water partition coefficient (Wildman–Crippen LogP) is 4.84. The first kappa shape index (κ1) is 12.9. The Morgan fingerprint density at radius 1 is 1.33 bits per heavy atom. The third-order valence-corrected chi connectivity index (χ3v) is 3.85. The Kier molecular flexibility index (Phi) is 4.95. The Morgan fingerprint density at radius 3 is 2.53 bits per heavy atom. The molecule has 2 atom stereocenters. The number of hydrogen-bond acceptors (Lipinski definition) is 0. The Bertz CT molecular complexity index is 320. The van der Waals surface area contributed by atoms with Gasteiger partial charge in [-0.05, 0) is 42.9 Å². The van der Waals surface area contributed by atoms with Crippen LogP contribution in [0, 0.1) is 12.8 Å². The molecule has 0 spiro atoms. The highest BCUT2D eigenvalue weighted by atomic mass is 35.5. The van der Waals surface area contributed by atoms with Gasteiger partial charge >= 0.3 is 0 Å². The van der Waals surface area contributed by atoms with Gasteiger partial charge in [-0.25, -0.2) is 0 Å². The third-order valence-electron chi connectivity index (χ3n) is 2.76. The lowest BCUT2D eigenvalue weighted by atomic mass is 9.96. The Morgan fingerprint density at radius 2 is 2.00 bits per heavy atom. The summed E-state index contributed by atoms with van der Waals surface area (Å²) in [4.78, 5) is 0. The van der Waals surface area contributed by atoms with Gasteiger partial charge in [0.25, 0.3) is 0 Å². The van der Waals surface area contributed by atoms with Crippen molar-refractivity contribution in [3.05, 3.63) is 34.3 Å². The molecule has 0 saturated carbocycles. The monoisotopic (exact) mass is 244 g/mol. The molecule has 0 amide bonds. The van der Waals surface area contributed by atoms with Gasteiger partial charge in [0.15, 0.2) is 0 Å². The first-order valence-corrected chi connectivity index (χ1v) is 6.25. The van der Waals surface area contributed by atoms with E-state index in [1.807, 2.05) is 6.07 Å². The summed E-state index contributed by atoms with van der Waals surface area (Å²) >= 11 is 12.4. The summed E-state index contributed by atoms with van der Waals surface area (Å²) in [6.07, 6.45) is 1.97. The maximum Gasteiger partial charge on any atom is 0.0440 e. The highest BCUT2D eigenvalue weighted by Gasteiger charge is 2.14. The zero-order valence-electron chi connectivity index (χ0n) is 9.56. The molecule has 0 saturated heterocycles. The molecule has 84 valence electrons. The van der Waals surface area contributed by atoms with Crippen LogP contribution in [0.3, 0.4) is 0 Å². The van der Waals surface area contributed by atoms with Crippen LogP contribution in [0.1, 0.15) is 31.4 Å². The van der Waals surface area contributed by atoms with E-state index in [0.29, 0.717) is 5.92 Å². The summed E-state index contributed by atoms with van der Waals surface area (Å²) in [7, 11) is 0. The smallest absolute Gasteiger partial charge is 0.0440 e. The molecule has 0 nitrogen and oxygen atoms in total. The number of hydrogen-bond donors (Lipinski definition) is 0. The van der Waals surface area contributed by atoms with Crippen LogP contribution < -0.4 is 0 Å². The molecule has 0 aliphatic carbocycles. The van der Waals surface area contributed by atoms with Crippen molar-refractivity contribution in [2.24, 2.45) is 5.92 Å². The average molecular weight is 245 g/mol. The van der Waals surface area contributed by atoms with Crippen molar-refractivity contribution in [1.82, 2.24) is 0 Å². The predicted molar refractivity (Wildman–Crippen MR) is 69.0 cm³/mol. The molecular formula is C13H18Cl2. The highest BCUT2D eigenvalue weighted by molar-refractivity contribution is 6.31. The van der Waals surface area contributed by atoms with Crippen molar-refractivity contribution in [2.75, 3.05) is 0 Å². The molecule has 0 bridgehead atoms. The van der Waals surface area contributed by atoms with Crippen LogP contribution in [0.25, 0.3) is 0 Å². The fourth-order valence-electron chi connectivity index (χ4n) is 1.70. The molecular weight excluding hydrogens is 227 g/mol. The van der Waals surface area contributed by atoms with E-state index in [1.54, 1.807) is 0 Å². The highest BCUT2D eigenvalue weighted by Crippen LogP contribution is 2.24. The van der Waals surface area contributed by atoms with Crippen LogP contribution in [-0.4, -0.2) is 5.38 Å². The first-order valence-electron chi connectivity index (χ1n) is 5.43. The summed E-state index contributed by atoms with van der Waals surface area (Å²) < 4.78 is 0. The van der Waals surface area contributed by atoms with Gasteiger partial charge in [0, 0.05) is 10.4 Å². The lowest BCUT2D eigenvalue weighted by Crippen LogP contribution is -2.13. The third kappa shape index (κ3) is 3.70. The molecule has 15 heavy (non-hydrogen) atoms. The Balaban J connectivity index is 2.72. The summed E-state index contributed by atoms with van der Waals surface area (Å²) in [5, 5.41) is 1.10. The van der Waals surface area contributed by atoms with Crippen LogP contribution in [0.5, 0.6) is 0 Å². The van der Waals surface area contributed by atoms with E-state index in [2.05, 4.69) is 32.9 Å². The fourth-order valence-corrected chi connectivity index (χ4v) is 2.10. The minimum absolute atomic E-state index is 0.238. The van der Waals surface area contributed by atoms with E-state index in [9.17, 15) is 0 Å². The topological polar surface area (TPSA) is 0 Å². The molecule has 0 heterocycles. The second-order valence-corrected chi connectivity index (χ2v) is 5.17. The SMILES string of the molecule is CCC(Cl)C(C)Cc1ccc(C)cc1Cl. The van der Waals surface area contributed by atoms with E-state index < -0.39 is 0 Å². The zero-order chi connectivity index (χ0) is 11.4. The van der Waals surface area contributed by atoms with Crippen LogP contribution in [0.4, 0.5) is 0 Å². The van der Waals surface area contributed by atoms with E-state index in [0.717, 1.165) is 17.9 Å². The molecule has 0 aliphatic rings. The maximum atomic E-state index is 6.21. The van der Waals surface area contributed by atoms with E-state index >= 15 is 0 Å². The van der Waals surface area contributed by atoms with Gasteiger partial charge in [-0.1, -0.05) is 37.6 Å². The van der Waals surface area contributed by atoms with Crippen molar-refractivity contribution in [3.63, 3.8) is 0 Å². The van der Waals surface area contributed by atoms with Crippen molar-refractivity contribution in [2.45, 2.75) is 39.0 Å². The molecule has 0 aliphatic heterocycles. The first-order chi connectivity index (χ1) is 7.04. The van der Waals surface area contributed by atoms with Gasteiger partial charge in [0.2, 0.25) is 0 Å². The second-order valence-electron chi connectivity index (χ2n) is 4.20. The van der Waals surface area contributed by atoms with Gasteiger partial charge in [-0.3, -0.25) is 0 Å². The second kappa shape index (κ2) is 5.77. The van der Waals surface area contributed by atoms with E-state index in [4.69, 9.17) is 23.2 Å². The summed E-state index contributed by atoms with van der Waals surface area (Å²) in [6.45, 7) is 6.34. The van der Waals surface area contributed by atoms with Crippen molar-refractivity contribution in [1.29, 1.82) is 0 Å². The molecule has 1 aromatic carbocycles. The van der Waals surface area contributed by atoms with Gasteiger partial charge in [-0.2, -0.15) is 0 Å². The van der Waals surface area contributed by atoms with Gasteiger partial charge < -0.3 is 0 Å². The minimum Gasteiger partial charge on any atom is -0.123 e. The summed E-state index contributed by atoms with van der Waals surface area (Å²) in [6, 6.07) is 6.22. The van der Waals surface area contributed by atoms with Crippen molar-refractivity contribution < 1.29 is 0 Å². The molecule has 0 fully saturated rings. The molecule has 1 aromatic rings. The van der Waals surface area contributed by atoms with Crippen LogP contribution in [0.15, 0.2) is 18.2 Å². The molecule has 1 rings (SSSR count). The number of alkyl halides is 1. The summed E-state index contributed by atoms with van der Waals surface area (Å²) in [5.74, 6) is 0.469. The van der Waals surface area contributed by atoms with Gasteiger partial charge in [0.05, 0.1) is 0 Å². The Labute approximate surface area is 103 Å². The van der Waals surface area contributed by atoms with Gasteiger partial charge in [0.1, 0.15) is 0 Å². The number of halogens is 2. The van der Waals surface area contributed by atoms with Crippen LogP contribution >= 0.6 is 23.2 Å². The Hall–Kier alpha value is -0.200. The standard InChI is InChI=1S/C13H18Cl2/c1-4-12(14)10(3)8-11-6-5-9(2)7-13(11)15/h5-7,10,12H,4,8H2,1-3H3. The number of aryl methyl sites for hydroxylation is 1. The van der Waals surface area contributed by atoms with E-state index in [-0.39, 0.29) is 5.38 Å². The molecule has 2 heteroatoms. The van der Waals surface area contributed by atoms with Crippen LogP contribution in [0.2, 0.25) is 5.02 Å². The quantitative estimate of drug-likeness (QED) is 0.665. The lowest BCUT2D eigenvalue weighted by Gasteiger charge is -2.17. The normalized spacial score (nSPS) is 15.0. The zero-order valence-corrected chi connectivity index (χ0v) is 11.1. The molecule has 0 radical (unpaired) electrons. The maximum absolute atomic E-state index is 6.21. The van der Waals surface area contributed by atoms with Gasteiger partial charge in [-0.15, -0.1) is 11.6 Å². The largest absolute Gasteiger partial charge is 0.123 e.